The molecule has 0 spiro atoms. The molecular weight excluding hydrogens is 218 g/mol. The standard InChI is InChI=1S/C12H19N3O2/c1-9(2)15-8-10(13)7-11(12(15)16)14-3-5-17-6-4-14/h7-9H,3-6,13H2,1-2H3. The van der Waals surface area contributed by atoms with E-state index in [1.807, 2.05) is 18.7 Å². The van der Waals surface area contributed by atoms with Crippen molar-refractivity contribution >= 4 is 11.4 Å². The first kappa shape index (κ1) is 12.0. The molecule has 5 nitrogen and oxygen atoms in total. The molecule has 2 rings (SSSR count). The van der Waals surface area contributed by atoms with Crippen molar-refractivity contribution in [3.8, 4) is 0 Å². The highest BCUT2D eigenvalue weighted by molar-refractivity contribution is 5.54. The van der Waals surface area contributed by atoms with Gasteiger partial charge >= 0.3 is 0 Å². The fourth-order valence-corrected chi connectivity index (χ4v) is 2.02. The van der Waals surface area contributed by atoms with E-state index in [0.717, 1.165) is 13.1 Å². The molecule has 1 aliphatic heterocycles. The van der Waals surface area contributed by atoms with Crippen LogP contribution in [0.1, 0.15) is 19.9 Å². The third-order valence-electron chi connectivity index (χ3n) is 2.95. The first-order chi connectivity index (χ1) is 8.09. The first-order valence-corrected chi connectivity index (χ1v) is 5.94. The summed E-state index contributed by atoms with van der Waals surface area (Å²) >= 11 is 0. The van der Waals surface area contributed by atoms with Gasteiger partial charge in [-0.25, -0.2) is 0 Å². The van der Waals surface area contributed by atoms with Crippen LogP contribution in [0, 0.1) is 0 Å². The van der Waals surface area contributed by atoms with Gasteiger partial charge in [-0.3, -0.25) is 4.79 Å². The molecule has 0 atom stereocenters. The summed E-state index contributed by atoms with van der Waals surface area (Å²) in [5.41, 5.74) is 7.19. The monoisotopic (exact) mass is 237 g/mol. The van der Waals surface area contributed by atoms with Crippen molar-refractivity contribution in [1.29, 1.82) is 0 Å². The molecule has 0 unspecified atom stereocenters. The number of rotatable bonds is 2. The summed E-state index contributed by atoms with van der Waals surface area (Å²) in [4.78, 5) is 14.3. The van der Waals surface area contributed by atoms with Crippen molar-refractivity contribution in [2.24, 2.45) is 0 Å². The number of nitrogens with two attached hydrogens (primary N) is 1. The van der Waals surface area contributed by atoms with Crippen LogP contribution < -0.4 is 16.2 Å². The maximum absolute atomic E-state index is 12.3. The van der Waals surface area contributed by atoms with Crippen LogP contribution in [0.2, 0.25) is 0 Å². The lowest BCUT2D eigenvalue weighted by atomic mass is 10.2. The molecule has 0 bridgehead atoms. The molecule has 1 aromatic rings. The van der Waals surface area contributed by atoms with E-state index in [1.165, 1.54) is 0 Å². The van der Waals surface area contributed by atoms with Crippen LogP contribution in [0.5, 0.6) is 0 Å². The van der Waals surface area contributed by atoms with Crippen molar-refractivity contribution in [2.45, 2.75) is 19.9 Å². The fraction of sp³-hybridized carbons (Fsp3) is 0.583. The average molecular weight is 237 g/mol. The molecule has 0 radical (unpaired) electrons. The first-order valence-electron chi connectivity index (χ1n) is 5.94. The fourth-order valence-electron chi connectivity index (χ4n) is 2.02. The average Bonchev–Trinajstić information content (AvgIpc) is 2.32. The summed E-state index contributed by atoms with van der Waals surface area (Å²) < 4.78 is 6.97. The van der Waals surface area contributed by atoms with Crippen LogP contribution in [0.25, 0.3) is 0 Å². The molecule has 1 aliphatic rings. The number of pyridine rings is 1. The van der Waals surface area contributed by atoms with Crippen LogP contribution >= 0.6 is 0 Å². The topological polar surface area (TPSA) is 60.5 Å². The minimum Gasteiger partial charge on any atom is -0.397 e. The van der Waals surface area contributed by atoms with Gasteiger partial charge in [0.1, 0.15) is 5.69 Å². The van der Waals surface area contributed by atoms with Gasteiger partial charge in [0.15, 0.2) is 0 Å². The molecular formula is C12H19N3O2. The highest BCUT2D eigenvalue weighted by Crippen LogP contribution is 2.16. The Balaban J connectivity index is 2.42. The highest BCUT2D eigenvalue weighted by atomic mass is 16.5. The van der Waals surface area contributed by atoms with Gasteiger partial charge in [0, 0.05) is 25.3 Å². The SMILES string of the molecule is CC(C)n1cc(N)cc(N2CCOCC2)c1=O. The summed E-state index contributed by atoms with van der Waals surface area (Å²) in [6, 6.07) is 1.87. The minimum atomic E-state index is 0.0242. The molecule has 5 heteroatoms. The van der Waals surface area contributed by atoms with E-state index in [0.29, 0.717) is 24.6 Å². The zero-order valence-electron chi connectivity index (χ0n) is 10.3. The second-order valence-electron chi connectivity index (χ2n) is 4.56. The number of ether oxygens (including phenoxy) is 1. The molecule has 0 aromatic carbocycles. The van der Waals surface area contributed by atoms with Crippen molar-refractivity contribution in [1.82, 2.24) is 4.57 Å². The maximum Gasteiger partial charge on any atom is 0.274 e. The Morgan fingerprint density at radius 2 is 2.00 bits per heavy atom. The Morgan fingerprint density at radius 1 is 1.35 bits per heavy atom. The van der Waals surface area contributed by atoms with Gasteiger partial charge in [0.05, 0.1) is 18.9 Å². The van der Waals surface area contributed by atoms with Gasteiger partial charge in [0.25, 0.3) is 5.56 Å². The van der Waals surface area contributed by atoms with E-state index in [4.69, 9.17) is 10.5 Å². The molecule has 1 fully saturated rings. The Bertz CT molecular complexity index is 448. The zero-order valence-corrected chi connectivity index (χ0v) is 10.3. The summed E-state index contributed by atoms with van der Waals surface area (Å²) in [5, 5.41) is 0. The number of hydrogen-bond acceptors (Lipinski definition) is 4. The maximum atomic E-state index is 12.3. The van der Waals surface area contributed by atoms with Crippen molar-refractivity contribution in [3.63, 3.8) is 0 Å². The summed E-state index contributed by atoms with van der Waals surface area (Å²) in [5.74, 6) is 0. The van der Waals surface area contributed by atoms with E-state index < -0.39 is 0 Å². The second-order valence-corrected chi connectivity index (χ2v) is 4.56. The number of nitrogens with zero attached hydrogens (tertiary/aromatic N) is 2. The molecule has 0 amide bonds. The van der Waals surface area contributed by atoms with E-state index in [1.54, 1.807) is 16.8 Å². The molecule has 2 heterocycles. The Labute approximate surface area is 101 Å². The molecule has 0 saturated carbocycles. The van der Waals surface area contributed by atoms with Gasteiger partial charge in [-0.05, 0) is 19.9 Å². The number of aromatic nitrogens is 1. The van der Waals surface area contributed by atoms with E-state index in [9.17, 15) is 4.79 Å². The molecule has 1 saturated heterocycles. The number of anilines is 2. The van der Waals surface area contributed by atoms with Crippen LogP contribution in [-0.2, 0) is 4.74 Å². The van der Waals surface area contributed by atoms with Gasteiger partial charge < -0.3 is 19.9 Å². The van der Waals surface area contributed by atoms with Crippen LogP contribution in [-0.4, -0.2) is 30.9 Å². The highest BCUT2D eigenvalue weighted by Gasteiger charge is 2.17. The smallest absolute Gasteiger partial charge is 0.274 e. The van der Waals surface area contributed by atoms with Crippen LogP contribution in [0.4, 0.5) is 11.4 Å². The third kappa shape index (κ3) is 2.44. The largest absolute Gasteiger partial charge is 0.397 e. The molecule has 94 valence electrons. The lowest BCUT2D eigenvalue weighted by Gasteiger charge is -2.29. The number of nitrogen functional groups attached to an aromatic ring is 1. The minimum absolute atomic E-state index is 0.0242. The molecule has 17 heavy (non-hydrogen) atoms. The van der Waals surface area contributed by atoms with Crippen LogP contribution in [0.15, 0.2) is 17.1 Å². The number of hydrogen-bond donors (Lipinski definition) is 1. The van der Waals surface area contributed by atoms with E-state index >= 15 is 0 Å². The van der Waals surface area contributed by atoms with Gasteiger partial charge in [-0.2, -0.15) is 0 Å². The van der Waals surface area contributed by atoms with Gasteiger partial charge in [-0.1, -0.05) is 0 Å². The third-order valence-corrected chi connectivity index (χ3v) is 2.95. The van der Waals surface area contributed by atoms with Crippen molar-refractivity contribution in [2.75, 3.05) is 36.9 Å². The predicted octanol–water partition coefficient (Wildman–Crippen LogP) is 0.848. The molecule has 0 aliphatic carbocycles. The molecule has 2 N–H and O–H groups in total. The van der Waals surface area contributed by atoms with Crippen LogP contribution in [0.3, 0.4) is 0 Å². The Kier molecular flexibility index (Phi) is 3.38. The summed E-state index contributed by atoms with van der Waals surface area (Å²) in [6.07, 6.45) is 1.71. The predicted molar refractivity (Wildman–Crippen MR) is 68.5 cm³/mol. The lowest BCUT2D eigenvalue weighted by molar-refractivity contribution is 0.122. The number of morpholine rings is 1. The second kappa shape index (κ2) is 4.79. The van der Waals surface area contributed by atoms with E-state index in [2.05, 4.69) is 0 Å². The Morgan fingerprint density at radius 3 is 2.59 bits per heavy atom. The Hall–Kier alpha value is -1.49. The van der Waals surface area contributed by atoms with Crippen molar-refractivity contribution < 1.29 is 4.74 Å². The van der Waals surface area contributed by atoms with Gasteiger partial charge in [0.2, 0.25) is 0 Å². The quantitative estimate of drug-likeness (QED) is 0.828. The molecule has 1 aromatic heterocycles. The van der Waals surface area contributed by atoms with E-state index in [-0.39, 0.29) is 11.6 Å². The van der Waals surface area contributed by atoms with Gasteiger partial charge in [-0.15, -0.1) is 0 Å². The zero-order chi connectivity index (χ0) is 12.4. The normalized spacial score (nSPS) is 16.5. The summed E-state index contributed by atoms with van der Waals surface area (Å²) in [7, 11) is 0. The lowest BCUT2D eigenvalue weighted by Crippen LogP contribution is -2.40. The van der Waals surface area contributed by atoms with Crippen molar-refractivity contribution in [3.05, 3.63) is 22.6 Å². The summed E-state index contributed by atoms with van der Waals surface area (Å²) in [6.45, 7) is 6.77.